The van der Waals surface area contributed by atoms with Crippen LogP contribution in [0.15, 0.2) is 12.1 Å². The van der Waals surface area contributed by atoms with Gasteiger partial charge in [0.15, 0.2) is 11.5 Å². The molecule has 1 atom stereocenters. The Morgan fingerprint density at radius 1 is 1.11 bits per heavy atom. The summed E-state index contributed by atoms with van der Waals surface area (Å²) in [6.07, 6.45) is 7.13. The third-order valence-electron chi connectivity index (χ3n) is 6.07. The predicted molar refractivity (Wildman–Crippen MR) is 110 cm³/mol. The zero-order valence-electron chi connectivity index (χ0n) is 16.8. The Labute approximate surface area is 162 Å². The van der Waals surface area contributed by atoms with Crippen LogP contribution in [0.3, 0.4) is 0 Å². The number of rotatable bonds is 5. The van der Waals surface area contributed by atoms with E-state index in [0.717, 1.165) is 48.3 Å². The average Bonchev–Trinajstić information content (AvgIpc) is 2.72. The van der Waals surface area contributed by atoms with Gasteiger partial charge in [0.2, 0.25) is 0 Å². The maximum absolute atomic E-state index is 5.58. The topological polar surface area (TPSA) is 46.6 Å². The van der Waals surface area contributed by atoms with Gasteiger partial charge in [0.25, 0.3) is 0 Å². The van der Waals surface area contributed by atoms with Crippen LogP contribution in [0.4, 0.5) is 5.69 Å². The van der Waals surface area contributed by atoms with Crippen molar-refractivity contribution >= 4 is 16.6 Å². The monoisotopic (exact) mass is 369 g/mol. The molecule has 1 aliphatic carbocycles. The molecule has 0 spiro atoms. The van der Waals surface area contributed by atoms with Gasteiger partial charge in [-0.05, 0) is 63.2 Å². The molecular weight excluding hydrogens is 338 g/mol. The van der Waals surface area contributed by atoms with Crippen LogP contribution in [0.1, 0.15) is 43.9 Å². The molecule has 1 saturated heterocycles. The number of nitrogens with one attached hydrogen (secondary N) is 1. The fourth-order valence-corrected chi connectivity index (χ4v) is 4.58. The number of piperidine rings is 1. The third-order valence-corrected chi connectivity index (χ3v) is 6.07. The number of aromatic nitrogens is 1. The van der Waals surface area contributed by atoms with Gasteiger partial charge >= 0.3 is 0 Å². The maximum Gasteiger partial charge on any atom is 0.162 e. The van der Waals surface area contributed by atoms with Crippen molar-refractivity contribution in [1.82, 2.24) is 9.88 Å². The van der Waals surface area contributed by atoms with Crippen LogP contribution in [-0.2, 0) is 12.8 Å². The molecule has 1 aromatic carbocycles. The van der Waals surface area contributed by atoms with E-state index in [1.54, 1.807) is 14.2 Å². The number of nitrogens with zero attached hydrogens (tertiary/aromatic N) is 2. The second-order valence-corrected chi connectivity index (χ2v) is 7.72. The molecule has 4 rings (SSSR count). The van der Waals surface area contributed by atoms with Crippen LogP contribution in [-0.4, -0.2) is 49.8 Å². The van der Waals surface area contributed by atoms with Crippen molar-refractivity contribution in [2.45, 2.75) is 51.5 Å². The van der Waals surface area contributed by atoms with Crippen molar-refractivity contribution in [3.63, 3.8) is 0 Å². The van der Waals surface area contributed by atoms with Crippen molar-refractivity contribution < 1.29 is 9.47 Å². The molecule has 0 saturated carbocycles. The predicted octanol–water partition coefficient (Wildman–Crippen LogP) is 4.03. The lowest BCUT2D eigenvalue weighted by Gasteiger charge is -2.34. The SMILES string of the molecule is CCN1CCC[C@@H](Nc2c3c(nc4cc(OC)c(OC)cc24)CCCC3)C1. The number of aryl methyl sites for hydroxylation is 1. The number of anilines is 1. The Morgan fingerprint density at radius 2 is 1.89 bits per heavy atom. The van der Waals surface area contributed by atoms with E-state index in [-0.39, 0.29) is 0 Å². The molecule has 1 aromatic heterocycles. The van der Waals surface area contributed by atoms with E-state index in [4.69, 9.17) is 14.5 Å². The molecular formula is C22H31N3O2. The van der Waals surface area contributed by atoms with Gasteiger partial charge in [0.1, 0.15) is 0 Å². The van der Waals surface area contributed by atoms with Gasteiger partial charge in [0.05, 0.1) is 19.7 Å². The van der Waals surface area contributed by atoms with E-state index >= 15 is 0 Å². The normalized spacial score (nSPS) is 20.3. The van der Waals surface area contributed by atoms with E-state index in [2.05, 4.69) is 23.2 Å². The van der Waals surface area contributed by atoms with Crippen molar-refractivity contribution in [1.29, 1.82) is 0 Å². The minimum atomic E-state index is 0.489. The summed E-state index contributed by atoms with van der Waals surface area (Å²) in [5.41, 5.74) is 4.94. The van der Waals surface area contributed by atoms with Crippen LogP contribution >= 0.6 is 0 Å². The highest BCUT2D eigenvalue weighted by molar-refractivity contribution is 5.96. The first-order valence-corrected chi connectivity index (χ1v) is 10.3. The number of ether oxygens (including phenoxy) is 2. The lowest BCUT2D eigenvalue weighted by molar-refractivity contribution is 0.227. The van der Waals surface area contributed by atoms with Crippen LogP contribution < -0.4 is 14.8 Å². The Hall–Kier alpha value is -2.01. The first kappa shape index (κ1) is 18.4. The number of methoxy groups -OCH3 is 2. The van der Waals surface area contributed by atoms with Gasteiger partial charge < -0.3 is 19.7 Å². The first-order valence-electron chi connectivity index (χ1n) is 10.3. The standard InChI is InChI=1S/C22H31N3O2/c1-4-25-11-7-8-15(14-25)23-22-16-9-5-6-10-18(16)24-19-13-21(27-3)20(26-2)12-17(19)22/h12-13,15H,4-11,14H2,1-3H3,(H,23,24)/t15-/m1/s1. The minimum Gasteiger partial charge on any atom is -0.493 e. The number of likely N-dealkylation sites (N-methyl/N-ethyl adjacent to an activating group) is 1. The second kappa shape index (κ2) is 7.93. The van der Waals surface area contributed by atoms with Crippen LogP contribution in [0.25, 0.3) is 10.9 Å². The lowest BCUT2D eigenvalue weighted by atomic mass is 9.92. The minimum absolute atomic E-state index is 0.489. The number of pyridine rings is 1. The molecule has 0 radical (unpaired) electrons. The molecule has 146 valence electrons. The highest BCUT2D eigenvalue weighted by Gasteiger charge is 2.24. The van der Waals surface area contributed by atoms with Crippen molar-refractivity contribution in [3.05, 3.63) is 23.4 Å². The number of hydrogen-bond donors (Lipinski definition) is 1. The average molecular weight is 370 g/mol. The first-order chi connectivity index (χ1) is 13.2. The fraction of sp³-hybridized carbons (Fsp3) is 0.591. The second-order valence-electron chi connectivity index (χ2n) is 7.72. The molecule has 1 aliphatic heterocycles. The lowest BCUT2D eigenvalue weighted by Crippen LogP contribution is -2.42. The summed E-state index contributed by atoms with van der Waals surface area (Å²) in [5.74, 6) is 1.51. The summed E-state index contributed by atoms with van der Waals surface area (Å²) in [5, 5.41) is 5.08. The quantitative estimate of drug-likeness (QED) is 0.862. The molecule has 5 heteroatoms. The molecule has 2 aromatic rings. The molecule has 0 unspecified atom stereocenters. The van der Waals surface area contributed by atoms with Gasteiger partial charge in [-0.1, -0.05) is 6.92 Å². The summed E-state index contributed by atoms with van der Waals surface area (Å²) in [7, 11) is 3.38. The molecule has 1 N–H and O–H groups in total. The van der Waals surface area contributed by atoms with Crippen LogP contribution in [0, 0.1) is 0 Å². The fourth-order valence-electron chi connectivity index (χ4n) is 4.58. The molecule has 2 aliphatic rings. The Bertz CT molecular complexity index is 816. The summed E-state index contributed by atoms with van der Waals surface area (Å²) < 4.78 is 11.1. The van der Waals surface area contributed by atoms with Crippen molar-refractivity contribution in [3.8, 4) is 11.5 Å². The number of fused-ring (bicyclic) bond motifs is 2. The summed E-state index contributed by atoms with van der Waals surface area (Å²) >= 11 is 0. The van der Waals surface area contributed by atoms with E-state index in [0.29, 0.717) is 6.04 Å². The maximum atomic E-state index is 5.58. The third kappa shape index (κ3) is 3.57. The molecule has 27 heavy (non-hydrogen) atoms. The van der Waals surface area contributed by atoms with Crippen LogP contribution in [0.5, 0.6) is 11.5 Å². The van der Waals surface area contributed by atoms with Crippen molar-refractivity contribution in [2.24, 2.45) is 0 Å². The molecule has 2 heterocycles. The van der Waals surface area contributed by atoms with Crippen molar-refractivity contribution in [2.75, 3.05) is 39.2 Å². The van der Waals surface area contributed by atoms with Gasteiger partial charge in [-0.25, -0.2) is 0 Å². The molecule has 0 amide bonds. The van der Waals surface area contributed by atoms with Crippen LogP contribution in [0.2, 0.25) is 0 Å². The van der Waals surface area contributed by atoms with Gasteiger partial charge in [0, 0.05) is 35.4 Å². The number of benzene rings is 1. The van der Waals surface area contributed by atoms with Gasteiger partial charge in [-0.15, -0.1) is 0 Å². The van der Waals surface area contributed by atoms with E-state index in [9.17, 15) is 0 Å². The van der Waals surface area contributed by atoms with Gasteiger partial charge in [-0.3, -0.25) is 4.98 Å². The molecule has 5 nitrogen and oxygen atoms in total. The Balaban J connectivity index is 1.80. The molecule has 1 fully saturated rings. The Morgan fingerprint density at radius 3 is 2.67 bits per heavy atom. The van der Waals surface area contributed by atoms with E-state index in [1.807, 2.05) is 6.07 Å². The smallest absolute Gasteiger partial charge is 0.162 e. The molecule has 0 bridgehead atoms. The Kier molecular flexibility index (Phi) is 5.39. The summed E-state index contributed by atoms with van der Waals surface area (Å²) in [4.78, 5) is 7.54. The largest absolute Gasteiger partial charge is 0.493 e. The van der Waals surface area contributed by atoms with E-state index < -0.39 is 0 Å². The van der Waals surface area contributed by atoms with E-state index in [1.165, 1.54) is 49.2 Å². The number of hydrogen-bond acceptors (Lipinski definition) is 5. The summed E-state index contributed by atoms with van der Waals surface area (Å²) in [6, 6.07) is 4.61. The van der Waals surface area contributed by atoms with Gasteiger partial charge in [-0.2, -0.15) is 0 Å². The zero-order chi connectivity index (χ0) is 18.8. The summed E-state index contributed by atoms with van der Waals surface area (Å²) in [6.45, 7) is 5.71. The number of likely N-dealkylation sites (tertiary alicyclic amines) is 1. The zero-order valence-corrected chi connectivity index (χ0v) is 16.8. The highest BCUT2D eigenvalue weighted by Crippen LogP contribution is 2.39. The highest BCUT2D eigenvalue weighted by atomic mass is 16.5.